The molecule has 0 aliphatic heterocycles. The number of carbonyl (C=O) groups is 1. The van der Waals surface area contributed by atoms with Crippen molar-refractivity contribution in [2.75, 3.05) is 5.32 Å². The molecule has 4 nitrogen and oxygen atoms in total. The van der Waals surface area contributed by atoms with Gasteiger partial charge in [-0.2, -0.15) is 13.2 Å². The van der Waals surface area contributed by atoms with Crippen molar-refractivity contribution in [3.05, 3.63) is 23.2 Å². The zero-order chi connectivity index (χ0) is 18.8. The summed E-state index contributed by atoms with van der Waals surface area (Å²) in [5, 5.41) is 11.3. The quantitative estimate of drug-likeness (QED) is 0.806. The number of alkyl halides is 3. The van der Waals surface area contributed by atoms with Crippen molar-refractivity contribution in [3.63, 3.8) is 0 Å². The zero-order valence-corrected chi connectivity index (χ0v) is 15.1. The lowest BCUT2D eigenvalue weighted by Crippen LogP contribution is -2.52. The van der Waals surface area contributed by atoms with E-state index in [9.17, 15) is 27.3 Å². The van der Waals surface area contributed by atoms with Gasteiger partial charge in [0.1, 0.15) is 0 Å². The van der Waals surface area contributed by atoms with E-state index < -0.39 is 28.5 Å². The van der Waals surface area contributed by atoms with Crippen LogP contribution in [0.25, 0.3) is 0 Å². The highest BCUT2D eigenvalue weighted by Crippen LogP contribution is 2.33. The molecule has 1 amide bonds. The molecule has 1 fully saturated rings. The summed E-state index contributed by atoms with van der Waals surface area (Å²) in [5.74, 6) is -1.64. The first-order valence-electron chi connectivity index (χ1n) is 7.84. The SMILES string of the molecule is CC(O)(C(=O)Nc1ccc(S(=O)C2CCCCC2)cc1Cl)C(F)(F)F. The maximum absolute atomic E-state index is 12.7. The van der Waals surface area contributed by atoms with Crippen molar-refractivity contribution in [1.29, 1.82) is 0 Å². The third kappa shape index (κ3) is 4.54. The van der Waals surface area contributed by atoms with Gasteiger partial charge in [-0.25, -0.2) is 0 Å². The maximum Gasteiger partial charge on any atom is 0.426 e. The number of carbonyl (C=O) groups excluding carboxylic acids is 1. The van der Waals surface area contributed by atoms with Gasteiger partial charge in [0.25, 0.3) is 5.91 Å². The Hall–Kier alpha value is -1.12. The van der Waals surface area contributed by atoms with E-state index in [-0.39, 0.29) is 16.0 Å². The number of halogens is 4. The average molecular weight is 398 g/mol. The van der Waals surface area contributed by atoms with Crippen LogP contribution in [0, 0.1) is 0 Å². The van der Waals surface area contributed by atoms with Crippen LogP contribution in [0.4, 0.5) is 18.9 Å². The van der Waals surface area contributed by atoms with Crippen LogP contribution < -0.4 is 5.32 Å². The molecule has 2 unspecified atom stereocenters. The molecular weight excluding hydrogens is 379 g/mol. The molecule has 0 bridgehead atoms. The first-order chi connectivity index (χ1) is 11.5. The normalized spacial score (nSPS) is 19.9. The third-order valence-corrected chi connectivity index (χ3v) is 6.38. The van der Waals surface area contributed by atoms with Gasteiger partial charge in [0, 0.05) is 10.1 Å². The van der Waals surface area contributed by atoms with E-state index in [1.54, 1.807) is 0 Å². The Labute approximate surface area is 151 Å². The van der Waals surface area contributed by atoms with Crippen LogP contribution in [0.5, 0.6) is 0 Å². The molecule has 25 heavy (non-hydrogen) atoms. The minimum atomic E-state index is -5.12. The highest BCUT2D eigenvalue weighted by Gasteiger charge is 2.55. The predicted molar refractivity (Wildman–Crippen MR) is 90.0 cm³/mol. The number of amides is 1. The van der Waals surface area contributed by atoms with Gasteiger partial charge in [-0.05, 0) is 38.0 Å². The Kier molecular flexibility index (Phi) is 6.17. The van der Waals surface area contributed by atoms with E-state index in [2.05, 4.69) is 0 Å². The molecule has 1 aliphatic carbocycles. The fourth-order valence-electron chi connectivity index (χ4n) is 2.57. The van der Waals surface area contributed by atoms with Gasteiger partial charge in [-0.1, -0.05) is 30.9 Å². The fraction of sp³-hybridized carbons (Fsp3) is 0.562. The Bertz CT molecular complexity index is 673. The number of aliphatic hydroxyl groups is 1. The second kappa shape index (κ2) is 7.63. The van der Waals surface area contributed by atoms with Gasteiger partial charge in [0.15, 0.2) is 0 Å². The van der Waals surface area contributed by atoms with Crippen LogP contribution in [0.2, 0.25) is 5.02 Å². The van der Waals surface area contributed by atoms with Crippen LogP contribution in [0.1, 0.15) is 39.0 Å². The molecule has 0 spiro atoms. The Morgan fingerprint density at radius 1 is 1.28 bits per heavy atom. The fourth-order valence-corrected chi connectivity index (χ4v) is 4.44. The highest BCUT2D eigenvalue weighted by atomic mass is 35.5. The van der Waals surface area contributed by atoms with Gasteiger partial charge in [-0.15, -0.1) is 0 Å². The van der Waals surface area contributed by atoms with Crippen LogP contribution in [0.15, 0.2) is 23.1 Å². The minimum absolute atomic E-state index is 0.0343. The van der Waals surface area contributed by atoms with Gasteiger partial charge >= 0.3 is 6.18 Å². The maximum atomic E-state index is 12.7. The zero-order valence-electron chi connectivity index (χ0n) is 13.5. The number of benzene rings is 1. The largest absolute Gasteiger partial charge is 0.426 e. The lowest BCUT2D eigenvalue weighted by molar-refractivity contribution is -0.242. The molecule has 0 radical (unpaired) electrons. The topological polar surface area (TPSA) is 66.4 Å². The van der Waals surface area contributed by atoms with E-state index in [1.165, 1.54) is 18.2 Å². The van der Waals surface area contributed by atoms with Crippen molar-refractivity contribution in [3.8, 4) is 0 Å². The van der Waals surface area contributed by atoms with Crippen molar-refractivity contribution >= 4 is 34.0 Å². The Morgan fingerprint density at radius 3 is 2.40 bits per heavy atom. The predicted octanol–water partition coefficient (Wildman–Crippen LogP) is 4.03. The molecule has 1 aliphatic rings. The molecule has 140 valence electrons. The van der Waals surface area contributed by atoms with Gasteiger partial charge < -0.3 is 10.4 Å². The van der Waals surface area contributed by atoms with Crippen LogP contribution in [-0.4, -0.2) is 32.2 Å². The summed E-state index contributed by atoms with van der Waals surface area (Å²) in [6, 6.07) is 4.14. The first-order valence-corrected chi connectivity index (χ1v) is 9.44. The van der Waals surface area contributed by atoms with E-state index in [0.717, 1.165) is 32.1 Å². The molecule has 1 aromatic carbocycles. The number of nitrogens with one attached hydrogen (secondary N) is 1. The van der Waals surface area contributed by atoms with Gasteiger partial charge in [-0.3, -0.25) is 9.00 Å². The van der Waals surface area contributed by atoms with E-state index in [0.29, 0.717) is 11.8 Å². The monoisotopic (exact) mass is 397 g/mol. The van der Waals surface area contributed by atoms with Crippen LogP contribution >= 0.6 is 11.6 Å². The standard InChI is InChI=1S/C16H19ClF3NO3S/c1-15(23,16(18,19)20)14(22)21-13-8-7-11(9-12(13)17)25(24)10-5-3-2-4-6-10/h7-10,23H,2-6H2,1H3,(H,21,22). The molecule has 1 aromatic rings. The smallest absolute Gasteiger partial charge is 0.373 e. The summed E-state index contributed by atoms with van der Waals surface area (Å²) in [6.07, 6.45) is -0.242. The summed E-state index contributed by atoms with van der Waals surface area (Å²) in [7, 11) is -1.26. The van der Waals surface area contributed by atoms with Crippen molar-refractivity contribution < 1.29 is 27.3 Å². The summed E-state index contributed by atoms with van der Waals surface area (Å²) in [5.41, 5.74) is -3.62. The molecule has 0 aromatic heterocycles. The van der Waals surface area contributed by atoms with E-state index >= 15 is 0 Å². The molecule has 1 saturated carbocycles. The van der Waals surface area contributed by atoms with E-state index in [4.69, 9.17) is 11.6 Å². The van der Waals surface area contributed by atoms with Crippen molar-refractivity contribution in [2.24, 2.45) is 0 Å². The van der Waals surface area contributed by atoms with Crippen LogP contribution in [-0.2, 0) is 15.6 Å². The number of hydrogen-bond acceptors (Lipinski definition) is 3. The second-order valence-electron chi connectivity index (χ2n) is 6.22. The number of rotatable bonds is 4. The summed E-state index contributed by atoms with van der Waals surface area (Å²) < 4.78 is 50.6. The molecular formula is C16H19ClF3NO3S. The summed E-state index contributed by atoms with van der Waals surface area (Å²) in [4.78, 5) is 12.2. The highest BCUT2D eigenvalue weighted by molar-refractivity contribution is 7.85. The van der Waals surface area contributed by atoms with Crippen molar-refractivity contribution in [1.82, 2.24) is 0 Å². The Morgan fingerprint density at radius 2 is 1.88 bits per heavy atom. The lowest BCUT2D eigenvalue weighted by Gasteiger charge is -2.25. The summed E-state index contributed by atoms with van der Waals surface area (Å²) >= 11 is 6.01. The second-order valence-corrected chi connectivity index (χ2v) is 8.36. The van der Waals surface area contributed by atoms with Crippen molar-refractivity contribution in [2.45, 2.75) is 61.0 Å². The van der Waals surface area contributed by atoms with E-state index in [1.807, 2.05) is 5.32 Å². The minimum Gasteiger partial charge on any atom is -0.373 e. The average Bonchev–Trinajstić information content (AvgIpc) is 2.55. The Balaban J connectivity index is 2.14. The van der Waals surface area contributed by atoms with Gasteiger partial charge in [0.2, 0.25) is 5.60 Å². The molecule has 0 saturated heterocycles. The third-order valence-electron chi connectivity index (χ3n) is 4.27. The van der Waals surface area contributed by atoms with Gasteiger partial charge in [0.05, 0.1) is 21.5 Å². The molecule has 9 heteroatoms. The number of anilines is 1. The molecule has 2 atom stereocenters. The summed E-state index contributed by atoms with van der Waals surface area (Å²) in [6.45, 7) is 0.364. The lowest BCUT2D eigenvalue weighted by atomic mass is 10.0. The molecule has 2 N–H and O–H groups in total. The molecule has 2 rings (SSSR count). The number of hydrogen-bond donors (Lipinski definition) is 2. The first kappa shape index (κ1) is 20.2. The molecule has 0 heterocycles. The van der Waals surface area contributed by atoms with Crippen LogP contribution in [0.3, 0.4) is 0 Å².